The van der Waals surface area contributed by atoms with Crippen LogP contribution in [0, 0.1) is 0 Å². The summed E-state index contributed by atoms with van der Waals surface area (Å²) >= 11 is 1.80. The molecule has 1 atom stereocenters. The quantitative estimate of drug-likeness (QED) is 0.669. The number of fused-ring (bicyclic) bond motifs is 2. The first kappa shape index (κ1) is 20.3. The van der Waals surface area contributed by atoms with E-state index in [-0.39, 0.29) is 11.6 Å². The average molecular weight is 410 g/mol. The fourth-order valence-electron chi connectivity index (χ4n) is 4.48. The number of rotatable bonds is 6. The van der Waals surface area contributed by atoms with Gasteiger partial charge < -0.3 is 10.2 Å². The van der Waals surface area contributed by atoms with Gasteiger partial charge in [0.15, 0.2) is 0 Å². The van der Waals surface area contributed by atoms with Crippen LogP contribution < -0.4 is 10.2 Å². The van der Waals surface area contributed by atoms with Crippen molar-refractivity contribution in [1.82, 2.24) is 10.2 Å². The van der Waals surface area contributed by atoms with E-state index in [1.807, 2.05) is 6.07 Å². The van der Waals surface area contributed by atoms with Crippen LogP contribution in [0.5, 0.6) is 0 Å². The Labute approximate surface area is 178 Å². The monoisotopic (exact) mass is 409 g/mol. The van der Waals surface area contributed by atoms with Crippen molar-refractivity contribution in [3.8, 4) is 0 Å². The molecular formula is C24H31N3OS. The summed E-state index contributed by atoms with van der Waals surface area (Å²) < 4.78 is 0. The highest BCUT2D eigenvalue weighted by Crippen LogP contribution is 2.52. The second kappa shape index (κ2) is 8.41. The summed E-state index contributed by atoms with van der Waals surface area (Å²) in [5, 5.41) is 3.02. The van der Waals surface area contributed by atoms with Gasteiger partial charge in [0.2, 0.25) is 0 Å². The Morgan fingerprint density at radius 3 is 2.52 bits per heavy atom. The summed E-state index contributed by atoms with van der Waals surface area (Å²) in [4.78, 5) is 20.3. The molecule has 2 aromatic carbocycles. The first-order valence-electron chi connectivity index (χ1n) is 10.8. The molecule has 154 valence electrons. The maximum atomic E-state index is 12.7. The van der Waals surface area contributed by atoms with Gasteiger partial charge in [-0.2, -0.15) is 0 Å². The minimum Gasteiger partial charge on any atom is -0.352 e. The lowest BCUT2D eigenvalue weighted by molar-refractivity contribution is 0.0953. The normalized spacial score (nSPS) is 18.1. The molecular weight excluding hydrogens is 378 g/mol. The van der Waals surface area contributed by atoms with Crippen LogP contribution in [0.25, 0.3) is 0 Å². The molecule has 0 aromatic heterocycles. The number of benzene rings is 2. The Morgan fingerprint density at radius 1 is 1.07 bits per heavy atom. The number of anilines is 2. The van der Waals surface area contributed by atoms with Crippen LogP contribution in [0.1, 0.15) is 56.8 Å². The van der Waals surface area contributed by atoms with Gasteiger partial charge in [-0.05, 0) is 62.9 Å². The van der Waals surface area contributed by atoms with E-state index in [9.17, 15) is 4.79 Å². The molecule has 1 saturated heterocycles. The lowest BCUT2D eigenvalue weighted by Gasteiger charge is -2.50. The number of amides is 1. The SMILES string of the molecule is CCCNC(=O)c1ccc2c(c1)N(C(C)(CC)N1CCCC1)c1ccccc1S2. The maximum Gasteiger partial charge on any atom is 0.251 e. The van der Waals surface area contributed by atoms with Gasteiger partial charge in [-0.25, -0.2) is 0 Å². The zero-order chi connectivity index (χ0) is 20.4. The molecule has 0 radical (unpaired) electrons. The number of likely N-dealkylation sites (tertiary alicyclic amines) is 1. The summed E-state index contributed by atoms with van der Waals surface area (Å²) in [6, 6.07) is 14.8. The van der Waals surface area contributed by atoms with E-state index in [2.05, 4.69) is 72.3 Å². The van der Waals surface area contributed by atoms with E-state index < -0.39 is 0 Å². The molecule has 4 rings (SSSR count). The lowest BCUT2D eigenvalue weighted by atomic mass is 10.0. The van der Waals surface area contributed by atoms with Crippen LogP contribution in [0.2, 0.25) is 0 Å². The summed E-state index contributed by atoms with van der Waals surface area (Å²) in [6.07, 6.45) is 4.46. The topological polar surface area (TPSA) is 35.6 Å². The number of nitrogens with one attached hydrogen (secondary N) is 1. The number of carbonyl (C=O) groups is 1. The molecule has 2 aliphatic heterocycles. The van der Waals surface area contributed by atoms with Gasteiger partial charge in [0.05, 0.1) is 17.0 Å². The number of nitrogens with zero attached hydrogens (tertiary/aromatic N) is 2. The summed E-state index contributed by atoms with van der Waals surface area (Å²) in [5.74, 6) is 0.0119. The predicted octanol–water partition coefficient (Wildman–Crippen LogP) is 5.65. The first-order chi connectivity index (χ1) is 14.1. The molecule has 1 amide bonds. The third kappa shape index (κ3) is 3.66. The van der Waals surface area contributed by atoms with Crippen molar-refractivity contribution in [3.05, 3.63) is 48.0 Å². The standard InChI is InChI=1S/C24H31N3OS/c1-4-14-25-23(28)18-12-13-22-20(17-18)27(19-10-6-7-11-21(19)29-22)24(3,5-2)26-15-8-9-16-26/h6-7,10-13,17H,4-5,8-9,14-16H2,1-3H3,(H,25,28). The fraction of sp³-hybridized carbons (Fsp3) is 0.458. The van der Waals surface area contributed by atoms with Crippen molar-refractivity contribution < 1.29 is 4.79 Å². The van der Waals surface area contributed by atoms with Crippen LogP contribution in [-0.4, -0.2) is 36.1 Å². The highest BCUT2D eigenvalue weighted by atomic mass is 32.2. The van der Waals surface area contributed by atoms with Crippen molar-refractivity contribution in [3.63, 3.8) is 0 Å². The van der Waals surface area contributed by atoms with E-state index in [1.165, 1.54) is 28.3 Å². The summed E-state index contributed by atoms with van der Waals surface area (Å²) in [6.45, 7) is 9.67. The van der Waals surface area contributed by atoms with Gasteiger partial charge in [-0.15, -0.1) is 0 Å². The van der Waals surface area contributed by atoms with Crippen molar-refractivity contribution in [2.75, 3.05) is 24.5 Å². The minimum atomic E-state index is -0.124. The van der Waals surface area contributed by atoms with E-state index in [1.54, 1.807) is 11.8 Å². The Balaban J connectivity index is 1.82. The fourth-order valence-corrected chi connectivity index (χ4v) is 5.52. The minimum absolute atomic E-state index is 0.0119. The second-order valence-electron chi connectivity index (χ2n) is 8.11. The van der Waals surface area contributed by atoms with Crippen molar-refractivity contribution in [2.45, 2.75) is 61.9 Å². The lowest BCUT2D eigenvalue weighted by Crippen LogP contribution is -2.56. The highest BCUT2D eigenvalue weighted by molar-refractivity contribution is 7.99. The van der Waals surface area contributed by atoms with Crippen LogP contribution in [0.3, 0.4) is 0 Å². The predicted molar refractivity (Wildman–Crippen MR) is 121 cm³/mol. The van der Waals surface area contributed by atoms with Crippen LogP contribution in [0.4, 0.5) is 11.4 Å². The number of para-hydroxylation sites is 1. The first-order valence-corrected chi connectivity index (χ1v) is 11.6. The van der Waals surface area contributed by atoms with Crippen molar-refractivity contribution >= 4 is 29.0 Å². The highest BCUT2D eigenvalue weighted by Gasteiger charge is 2.42. The maximum absolute atomic E-state index is 12.7. The Hall–Kier alpha value is -1.98. The zero-order valence-corrected chi connectivity index (χ0v) is 18.5. The number of hydrogen-bond donors (Lipinski definition) is 1. The Kier molecular flexibility index (Phi) is 5.88. The van der Waals surface area contributed by atoms with E-state index in [4.69, 9.17) is 0 Å². The van der Waals surface area contributed by atoms with E-state index in [0.29, 0.717) is 6.54 Å². The average Bonchev–Trinajstić information content (AvgIpc) is 3.30. The molecule has 5 heteroatoms. The van der Waals surface area contributed by atoms with E-state index in [0.717, 1.165) is 37.2 Å². The van der Waals surface area contributed by atoms with Crippen molar-refractivity contribution in [1.29, 1.82) is 0 Å². The van der Waals surface area contributed by atoms with Gasteiger partial charge in [-0.3, -0.25) is 9.69 Å². The molecule has 0 spiro atoms. The molecule has 1 unspecified atom stereocenters. The smallest absolute Gasteiger partial charge is 0.251 e. The van der Waals surface area contributed by atoms with Crippen LogP contribution >= 0.6 is 11.8 Å². The third-order valence-corrected chi connectivity index (χ3v) is 7.39. The third-order valence-electron chi connectivity index (χ3n) is 6.26. The molecule has 29 heavy (non-hydrogen) atoms. The number of carbonyl (C=O) groups excluding carboxylic acids is 1. The van der Waals surface area contributed by atoms with Gasteiger partial charge >= 0.3 is 0 Å². The molecule has 0 aliphatic carbocycles. The summed E-state index contributed by atoms with van der Waals surface area (Å²) in [5.41, 5.74) is 3.00. The zero-order valence-electron chi connectivity index (χ0n) is 17.7. The van der Waals surface area contributed by atoms with Gasteiger partial charge in [0.25, 0.3) is 5.91 Å². The molecule has 0 saturated carbocycles. The Bertz CT molecular complexity index is 893. The molecule has 2 heterocycles. The molecule has 1 fully saturated rings. The molecule has 2 aromatic rings. The summed E-state index contributed by atoms with van der Waals surface area (Å²) in [7, 11) is 0. The van der Waals surface area contributed by atoms with Gasteiger partial charge in [0.1, 0.15) is 0 Å². The van der Waals surface area contributed by atoms with Gasteiger partial charge in [0, 0.05) is 35.0 Å². The second-order valence-corrected chi connectivity index (χ2v) is 9.19. The largest absolute Gasteiger partial charge is 0.352 e. The molecule has 4 nitrogen and oxygen atoms in total. The van der Waals surface area contributed by atoms with Crippen molar-refractivity contribution in [2.24, 2.45) is 0 Å². The van der Waals surface area contributed by atoms with E-state index >= 15 is 0 Å². The molecule has 2 aliphatic rings. The Morgan fingerprint density at radius 2 is 1.79 bits per heavy atom. The molecule has 0 bridgehead atoms. The molecule has 1 N–H and O–H groups in total. The van der Waals surface area contributed by atoms with Crippen LogP contribution in [0.15, 0.2) is 52.3 Å². The number of hydrogen-bond acceptors (Lipinski definition) is 4. The van der Waals surface area contributed by atoms with Crippen LogP contribution in [-0.2, 0) is 0 Å². The van der Waals surface area contributed by atoms with Gasteiger partial charge in [-0.1, -0.05) is 37.7 Å².